The fourth-order valence-electron chi connectivity index (χ4n) is 1.11. The number of hydrogen-bond donors (Lipinski definition) is 0. The van der Waals surface area contributed by atoms with E-state index in [-0.39, 0.29) is 14.5 Å². The van der Waals surface area contributed by atoms with E-state index < -0.39 is 0 Å². The standard InChI is InChI=1S/C9H5ClOSe/c10-9-6-3-1-2-4-7(6)12-8(9)5-11/h1-5H. The Kier molecular flexibility index (Phi) is 2.05. The van der Waals surface area contributed by atoms with Gasteiger partial charge in [0.1, 0.15) is 0 Å². The van der Waals surface area contributed by atoms with Crippen LogP contribution in [0.3, 0.4) is 0 Å². The van der Waals surface area contributed by atoms with Gasteiger partial charge in [-0.15, -0.1) is 0 Å². The number of benzene rings is 1. The molecular formula is C9H5ClOSe. The zero-order valence-electron chi connectivity index (χ0n) is 6.08. The van der Waals surface area contributed by atoms with Crippen molar-refractivity contribution < 1.29 is 4.79 Å². The third-order valence-electron chi connectivity index (χ3n) is 1.67. The maximum absolute atomic E-state index is 10.6. The van der Waals surface area contributed by atoms with E-state index >= 15 is 0 Å². The van der Waals surface area contributed by atoms with Gasteiger partial charge in [-0.3, -0.25) is 0 Å². The van der Waals surface area contributed by atoms with Gasteiger partial charge in [0.05, 0.1) is 0 Å². The van der Waals surface area contributed by atoms with Gasteiger partial charge in [-0.2, -0.15) is 0 Å². The Labute approximate surface area is 80.7 Å². The molecule has 2 aromatic rings. The number of halogens is 1. The monoisotopic (exact) mass is 244 g/mol. The molecule has 0 aliphatic heterocycles. The zero-order chi connectivity index (χ0) is 8.55. The first-order valence-electron chi connectivity index (χ1n) is 3.45. The molecule has 1 nitrogen and oxygen atoms in total. The Balaban J connectivity index is 2.87. The average Bonchev–Trinajstić information content (AvgIpc) is 2.44. The third-order valence-corrected chi connectivity index (χ3v) is 4.63. The van der Waals surface area contributed by atoms with E-state index in [2.05, 4.69) is 0 Å². The molecule has 0 saturated carbocycles. The molecule has 3 heteroatoms. The van der Waals surface area contributed by atoms with Gasteiger partial charge in [0.25, 0.3) is 0 Å². The summed E-state index contributed by atoms with van der Waals surface area (Å²) >= 11 is 6.09. The summed E-state index contributed by atoms with van der Waals surface area (Å²) in [5.74, 6) is 0. The Morgan fingerprint density at radius 3 is 2.75 bits per heavy atom. The summed E-state index contributed by atoms with van der Waals surface area (Å²) in [5, 5.41) is 1.67. The maximum atomic E-state index is 10.6. The molecule has 1 aromatic carbocycles. The Bertz CT molecular complexity index is 433. The van der Waals surface area contributed by atoms with Crippen molar-refractivity contribution in [2.45, 2.75) is 0 Å². The van der Waals surface area contributed by atoms with Crippen LogP contribution in [-0.4, -0.2) is 20.8 Å². The van der Waals surface area contributed by atoms with Crippen molar-refractivity contribution >= 4 is 42.0 Å². The van der Waals surface area contributed by atoms with E-state index in [1.807, 2.05) is 24.3 Å². The van der Waals surface area contributed by atoms with Crippen LogP contribution in [0.15, 0.2) is 24.3 Å². The molecule has 2 rings (SSSR count). The van der Waals surface area contributed by atoms with Gasteiger partial charge in [-0.1, -0.05) is 0 Å². The molecule has 0 bridgehead atoms. The van der Waals surface area contributed by atoms with Crippen molar-refractivity contribution in [3.8, 4) is 0 Å². The minimum atomic E-state index is 0.120. The van der Waals surface area contributed by atoms with Crippen LogP contribution in [0.1, 0.15) is 9.23 Å². The molecule has 0 amide bonds. The molecule has 0 radical (unpaired) electrons. The normalized spacial score (nSPS) is 10.4. The van der Waals surface area contributed by atoms with Crippen molar-refractivity contribution in [2.24, 2.45) is 0 Å². The van der Waals surface area contributed by atoms with Gasteiger partial charge in [0, 0.05) is 0 Å². The van der Waals surface area contributed by atoms with Crippen LogP contribution >= 0.6 is 11.6 Å². The van der Waals surface area contributed by atoms with Crippen LogP contribution < -0.4 is 0 Å². The molecule has 0 unspecified atom stereocenters. The van der Waals surface area contributed by atoms with E-state index in [0.29, 0.717) is 5.02 Å². The third kappa shape index (κ3) is 1.13. The molecular weight excluding hydrogens is 239 g/mol. The van der Waals surface area contributed by atoms with E-state index in [9.17, 15) is 4.79 Å². The van der Waals surface area contributed by atoms with Gasteiger partial charge in [0.2, 0.25) is 0 Å². The second-order valence-electron chi connectivity index (χ2n) is 2.39. The summed E-state index contributed by atoms with van der Waals surface area (Å²) in [6.45, 7) is 0. The number of rotatable bonds is 1. The van der Waals surface area contributed by atoms with E-state index in [4.69, 9.17) is 11.6 Å². The molecule has 12 heavy (non-hydrogen) atoms. The SMILES string of the molecule is O=Cc1[se]c2ccccc2c1Cl. The predicted molar refractivity (Wildman–Crippen MR) is 51.3 cm³/mol. The predicted octanol–water partition coefficient (Wildman–Crippen LogP) is 2.36. The van der Waals surface area contributed by atoms with Crippen molar-refractivity contribution in [1.29, 1.82) is 0 Å². The van der Waals surface area contributed by atoms with E-state index in [0.717, 1.165) is 16.1 Å². The molecule has 0 fully saturated rings. The van der Waals surface area contributed by atoms with Gasteiger partial charge in [-0.05, 0) is 0 Å². The summed E-state index contributed by atoms with van der Waals surface area (Å²) in [6, 6.07) is 7.88. The average molecular weight is 244 g/mol. The Hall–Kier alpha value is -0.561. The first kappa shape index (κ1) is 8.06. The Morgan fingerprint density at radius 1 is 1.33 bits per heavy atom. The fraction of sp³-hybridized carbons (Fsp3) is 0. The van der Waals surface area contributed by atoms with Crippen molar-refractivity contribution in [2.75, 3.05) is 0 Å². The zero-order valence-corrected chi connectivity index (χ0v) is 8.55. The van der Waals surface area contributed by atoms with E-state index in [1.165, 1.54) is 4.26 Å². The number of hydrogen-bond acceptors (Lipinski definition) is 1. The summed E-state index contributed by atoms with van der Waals surface area (Å²) in [6.07, 6.45) is 0.863. The van der Waals surface area contributed by atoms with Crippen LogP contribution in [-0.2, 0) is 0 Å². The van der Waals surface area contributed by atoms with Crippen LogP contribution in [0.2, 0.25) is 5.02 Å². The summed E-state index contributed by atoms with van der Waals surface area (Å²) in [4.78, 5) is 10.6. The van der Waals surface area contributed by atoms with Crippen molar-refractivity contribution in [3.05, 3.63) is 33.7 Å². The second kappa shape index (κ2) is 3.06. The number of aldehydes is 1. The quantitative estimate of drug-likeness (QED) is 0.555. The molecule has 0 saturated heterocycles. The number of fused-ring (bicyclic) bond motifs is 1. The van der Waals surface area contributed by atoms with E-state index in [1.54, 1.807) is 0 Å². The first-order chi connectivity index (χ1) is 5.83. The molecule has 0 aliphatic carbocycles. The molecule has 0 N–H and O–H groups in total. The minimum absolute atomic E-state index is 0.120. The fourth-order valence-corrected chi connectivity index (χ4v) is 3.56. The number of carbonyl (C=O) groups excluding carboxylic acids is 1. The molecule has 60 valence electrons. The first-order valence-corrected chi connectivity index (χ1v) is 5.54. The topological polar surface area (TPSA) is 17.1 Å². The molecule has 0 atom stereocenters. The summed E-state index contributed by atoms with van der Waals surface area (Å²) < 4.78 is 1.96. The number of carbonyl (C=O) groups is 1. The van der Waals surface area contributed by atoms with Crippen LogP contribution in [0.5, 0.6) is 0 Å². The molecule has 1 heterocycles. The molecule has 1 aromatic heterocycles. The second-order valence-corrected chi connectivity index (χ2v) is 5.05. The van der Waals surface area contributed by atoms with Gasteiger partial charge >= 0.3 is 80.6 Å². The molecule has 0 aliphatic rings. The Morgan fingerprint density at radius 2 is 2.08 bits per heavy atom. The van der Waals surface area contributed by atoms with Crippen molar-refractivity contribution in [1.82, 2.24) is 0 Å². The van der Waals surface area contributed by atoms with Gasteiger partial charge < -0.3 is 0 Å². The van der Waals surface area contributed by atoms with Gasteiger partial charge in [0.15, 0.2) is 0 Å². The van der Waals surface area contributed by atoms with Crippen LogP contribution in [0.25, 0.3) is 9.65 Å². The van der Waals surface area contributed by atoms with Crippen molar-refractivity contribution in [3.63, 3.8) is 0 Å². The van der Waals surface area contributed by atoms with Gasteiger partial charge in [-0.25, -0.2) is 0 Å². The molecule has 0 spiro atoms. The van der Waals surface area contributed by atoms with Crippen LogP contribution in [0.4, 0.5) is 0 Å². The summed E-state index contributed by atoms with van der Waals surface area (Å²) in [5.41, 5.74) is 0. The van der Waals surface area contributed by atoms with Crippen LogP contribution in [0, 0.1) is 0 Å². The summed E-state index contributed by atoms with van der Waals surface area (Å²) in [7, 11) is 0.